The average Bonchev–Trinajstić information content (AvgIpc) is 2.61. The van der Waals surface area contributed by atoms with Crippen LogP contribution in [0, 0.1) is 13.8 Å². The molecular formula is C13H21ClN2OS. The van der Waals surface area contributed by atoms with Crippen molar-refractivity contribution >= 4 is 17.2 Å². The van der Waals surface area contributed by atoms with E-state index < -0.39 is 0 Å². The number of aryl methyl sites for hydroxylation is 1. The quantitative estimate of drug-likeness (QED) is 0.645. The number of thiazole rings is 1. The lowest BCUT2D eigenvalue weighted by Gasteiger charge is -2.32. The molecule has 1 atom stereocenters. The van der Waals surface area contributed by atoms with Crippen molar-refractivity contribution in [1.82, 2.24) is 4.90 Å². The molecule has 1 amide bonds. The molecule has 0 bridgehead atoms. The summed E-state index contributed by atoms with van der Waals surface area (Å²) in [6.07, 6.45) is 3.56. The molecular weight excluding hydrogens is 268 g/mol. The number of piperidine rings is 1. The van der Waals surface area contributed by atoms with Gasteiger partial charge in [0.2, 0.25) is 12.1 Å². The van der Waals surface area contributed by atoms with Gasteiger partial charge in [-0.25, -0.2) is 0 Å². The summed E-state index contributed by atoms with van der Waals surface area (Å²) in [4.78, 5) is 15.6. The van der Waals surface area contributed by atoms with Gasteiger partial charge in [-0.3, -0.25) is 4.79 Å². The van der Waals surface area contributed by atoms with Gasteiger partial charge in [0, 0.05) is 19.5 Å². The molecule has 5 heteroatoms. The van der Waals surface area contributed by atoms with Crippen LogP contribution in [0.5, 0.6) is 0 Å². The maximum absolute atomic E-state index is 12.2. The number of amides is 1. The van der Waals surface area contributed by atoms with E-state index in [1.807, 2.05) is 4.90 Å². The van der Waals surface area contributed by atoms with E-state index in [4.69, 9.17) is 0 Å². The Bertz CT molecular complexity index is 419. The van der Waals surface area contributed by atoms with Crippen molar-refractivity contribution in [2.75, 3.05) is 6.54 Å². The second-order valence-corrected chi connectivity index (χ2v) is 5.98. The highest BCUT2D eigenvalue weighted by atomic mass is 35.5. The zero-order chi connectivity index (χ0) is 12.4. The lowest BCUT2D eigenvalue weighted by molar-refractivity contribution is -0.686. The third kappa shape index (κ3) is 3.23. The van der Waals surface area contributed by atoms with Gasteiger partial charge in [0.05, 0.1) is 4.88 Å². The highest BCUT2D eigenvalue weighted by Crippen LogP contribution is 2.16. The summed E-state index contributed by atoms with van der Waals surface area (Å²) in [7, 11) is 0. The number of rotatable bonds is 2. The summed E-state index contributed by atoms with van der Waals surface area (Å²) in [5.41, 5.74) is 3.27. The fraction of sp³-hybridized carbons (Fsp3) is 0.692. The molecule has 0 spiro atoms. The van der Waals surface area contributed by atoms with Crippen LogP contribution in [0.3, 0.4) is 0 Å². The number of nitrogens with zero attached hydrogens (tertiary/aromatic N) is 2. The van der Waals surface area contributed by atoms with Gasteiger partial charge in [0.1, 0.15) is 0 Å². The lowest BCUT2D eigenvalue weighted by Crippen LogP contribution is -3.00. The SMILES string of the molecule is Cc1sc[n+](CC(=O)N2CCCCC2C)c1C.[Cl-]. The Kier molecular flexibility index (Phi) is 5.60. The zero-order valence-electron chi connectivity index (χ0n) is 11.3. The smallest absolute Gasteiger partial charge is 0.288 e. The van der Waals surface area contributed by atoms with Crippen LogP contribution < -0.4 is 17.0 Å². The number of hydrogen-bond acceptors (Lipinski definition) is 2. The van der Waals surface area contributed by atoms with Crippen LogP contribution in [-0.4, -0.2) is 23.4 Å². The molecule has 2 heterocycles. The minimum atomic E-state index is 0. The van der Waals surface area contributed by atoms with E-state index in [1.54, 1.807) is 11.3 Å². The van der Waals surface area contributed by atoms with Crippen molar-refractivity contribution in [2.24, 2.45) is 0 Å². The minimum absolute atomic E-state index is 0. The molecule has 0 saturated carbocycles. The maximum Gasteiger partial charge on any atom is 0.288 e. The van der Waals surface area contributed by atoms with Crippen LogP contribution in [-0.2, 0) is 11.3 Å². The molecule has 0 aromatic carbocycles. The van der Waals surface area contributed by atoms with E-state index in [2.05, 4.69) is 30.8 Å². The zero-order valence-corrected chi connectivity index (χ0v) is 12.9. The number of hydrogen-bond donors (Lipinski definition) is 0. The van der Waals surface area contributed by atoms with Crippen molar-refractivity contribution in [2.45, 2.75) is 52.6 Å². The van der Waals surface area contributed by atoms with E-state index in [0.29, 0.717) is 12.6 Å². The summed E-state index contributed by atoms with van der Waals surface area (Å²) in [6, 6.07) is 0.414. The standard InChI is InChI=1S/C13H21N2OS.ClH/c1-10-6-4-5-7-15(10)13(16)8-14-9-17-12(3)11(14)2;/h9-10H,4-8H2,1-3H3;1H/q+1;/p-1. The summed E-state index contributed by atoms with van der Waals surface area (Å²) in [6.45, 7) is 7.78. The number of likely N-dealkylation sites (tertiary alicyclic amines) is 1. The largest absolute Gasteiger partial charge is 1.00 e. The van der Waals surface area contributed by atoms with E-state index in [9.17, 15) is 4.79 Å². The van der Waals surface area contributed by atoms with Crippen molar-refractivity contribution in [3.8, 4) is 0 Å². The molecule has 1 aliphatic heterocycles. The Morgan fingerprint density at radius 1 is 1.50 bits per heavy atom. The van der Waals surface area contributed by atoms with E-state index >= 15 is 0 Å². The van der Waals surface area contributed by atoms with Crippen molar-refractivity contribution in [3.63, 3.8) is 0 Å². The number of carbonyl (C=O) groups excluding carboxylic acids is 1. The van der Waals surface area contributed by atoms with Gasteiger partial charge in [-0.1, -0.05) is 11.3 Å². The fourth-order valence-electron chi connectivity index (χ4n) is 2.37. The minimum Gasteiger partial charge on any atom is -1.00 e. The Morgan fingerprint density at radius 2 is 2.22 bits per heavy atom. The second kappa shape index (κ2) is 6.53. The molecule has 1 fully saturated rings. The highest BCUT2D eigenvalue weighted by Gasteiger charge is 2.26. The van der Waals surface area contributed by atoms with Gasteiger partial charge in [0.25, 0.3) is 5.91 Å². The predicted molar refractivity (Wildman–Crippen MR) is 69.0 cm³/mol. The van der Waals surface area contributed by atoms with Gasteiger partial charge < -0.3 is 17.3 Å². The van der Waals surface area contributed by atoms with Crippen LogP contribution in [0.1, 0.15) is 36.8 Å². The molecule has 1 aromatic rings. The first-order valence-corrected chi connectivity index (χ1v) is 7.21. The number of carbonyl (C=O) groups is 1. The third-order valence-electron chi connectivity index (χ3n) is 3.73. The predicted octanol–water partition coefficient (Wildman–Crippen LogP) is -0.943. The fourth-order valence-corrected chi connectivity index (χ4v) is 3.18. The number of halogens is 1. The van der Waals surface area contributed by atoms with Crippen molar-refractivity contribution < 1.29 is 21.8 Å². The van der Waals surface area contributed by atoms with Crippen LogP contribution in [0.25, 0.3) is 0 Å². The third-order valence-corrected chi connectivity index (χ3v) is 4.73. The van der Waals surface area contributed by atoms with Gasteiger partial charge in [0.15, 0.2) is 5.69 Å². The van der Waals surface area contributed by atoms with Gasteiger partial charge in [-0.15, -0.1) is 0 Å². The van der Waals surface area contributed by atoms with Crippen LogP contribution in [0.2, 0.25) is 0 Å². The molecule has 1 unspecified atom stereocenters. The molecule has 0 N–H and O–H groups in total. The van der Waals surface area contributed by atoms with E-state index in [-0.39, 0.29) is 18.3 Å². The Labute approximate surface area is 119 Å². The van der Waals surface area contributed by atoms with Gasteiger partial charge in [-0.05, 0) is 33.1 Å². The molecule has 18 heavy (non-hydrogen) atoms. The van der Waals surface area contributed by atoms with Crippen molar-refractivity contribution in [3.05, 3.63) is 16.1 Å². The van der Waals surface area contributed by atoms with Gasteiger partial charge in [-0.2, -0.15) is 4.57 Å². The first-order valence-electron chi connectivity index (χ1n) is 6.33. The van der Waals surface area contributed by atoms with Crippen molar-refractivity contribution in [1.29, 1.82) is 0 Å². The molecule has 2 rings (SSSR count). The lowest BCUT2D eigenvalue weighted by atomic mass is 10.0. The normalized spacial score (nSPS) is 19.5. The number of aromatic nitrogens is 1. The first kappa shape index (κ1) is 15.4. The molecule has 0 radical (unpaired) electrons. The Hall–Kier alpha value is -0.610. The van der Waals surface area contributed by atoms with Gasteiger partial charge >= 0.3 is 0 Å². The highest BCUT2D eigenvalue weighted by molar-refractivity contribution is 7.09. The Morgan fingerprint density at radius 3 is 2.78 bits per heavy atom. The van der Waals surface area contributed by atoms with E-state index in [0.717, 1.165) is 19.4 Å². The van der Waals surface area contributed by atoms with Crippen LogP contribution in [0.15, 0.2) is 5.51 Å². The van der Waals surface area contributed by atoms with E-state index in [1.165, 1.54) is 17.0 Å². The summed E-state index contributed by atoms with van der Waals surface area (Å²) >= 11 is 1.71. The maximum atomic E-state index is 12.2. The summed E-state index contributed by atoms with van der Waals surface area (Å²) in [5, 5.41) is 0. The molecule has 1 aromatic heterocycles. The van der Waals surface area contributed by atoms with Crippen LogP contribution in [0.4, 0.5) is 0 Å². The molecule has 0 aliphatic carbocycles. The topological polar surface area (TPSA) is 24.2 Å². The second-order valence-electron chi connectivity index (χ2n) is 4.92. The first-order chi connectivity index (χ1) is 8.09. The molecule has 3 nitrogen and oxygen atoms in total. The molecule has 1 aliphatic rings. The Balaban J connectivity index is 0.00000162. The van der Waals surface area contributed by atoms with Crippen LogP contribution >= 0.6 is 11.3 Å². The average molecular weight is 289 g/mol. The summed E-state index contributed by atoms with van der Waals surface area (Å²) in [5.74, 6) is 0.267. The molecule has 1 saturated heterocycles. The molecule has 102 valence electrons. The summed E-state index contributed by atoms with van der Waals surface area (Å²) < 4.78 is 2.07. The monoisotopic (exact) mass is 288 g/mol.